The smallest absolute Gasteiger partial charge is 0.242 e. The molecule has 0 aromatic heterocycles. The van der Waals surface area contributed by atoms with Gasteiger partial charge in [0, 0.05) is 38.9 Å². The Kier molecular flexibility index (Phi) is 11.6. The SMILES string of the molecule is CCNC(=NCC(=O)NC(C)(C)C)N(C)CCC1CCOCC1.I. The molecule has 0 radical (unpaired) electrons. The number of hydrogen-bond acceptors (Lipinski definition) is 3. The summed E-state index contributed by atoms with van der Waals surface area (Å²) in [4.78, 5) is 18.5. The Morgan fingerprint density at radius 1 is 1.29 bits per heavy atom. The summed E-state index contributed by atoms with van der Waals surface area (Å²) in [5, 5.41) is 6.19. The highest BCUT2D eigenvalue weighted by atomic mass is 127. The van der Waals surface area contributed by atoms with Crippen LogP contribution in [0.2, 0.25) is 0 Å². The van der Waals surface area contributed by atoms with Crippen LogP contribution in [0.4, 0.5) is 0 Å². The first kappa shape index (κ1) is 23.4. The standard InChI is InChI=1S/C17H34N4O2.HI/c1-6-18-16(19-13-15(22)20-17(2,3)4)21(5)10-7-14-8-11-23-12-9-14;/h14H,6-13H2,1-5H3,(H,18,19)(H,20,22);1H. The van der Waals surface area contributed by atoms with Gasteiger partial charge in [0.2, 0.25) is 5.91 Å². The summed E-state index contributed by atoms with van der Waals surface area (Å²) in [5.41, 5.74) is -0.222. The summed E-state index contributed by atoms with van der Waals surface area (Å²) in [5.74, 6) is 1.48. The van der Waals surface area contributed by atoms with E-state index in [1.54, 1.807) is 0 Å². The number of nitrogens with one attached hydrogen (secondary N) is 2. The predicted octanol–water partition coefficient (Wildman–Crippen LogP) is 2.23. The van der Waals surface area contributed by atoms with Gasteiger partial charge >= 0.3 is 0 Å². The molecule has 24 heavy (non-hydrogen) atoms. The molecule has 142 valence electrons. The average Bonchev–Trinajstić information content (AvgIpc) is 2.48. The zero-order valence-electron chi connectivity index (χ0n) is 15.9. The number of amides is 1. The third kappa shape index (κ3) is 10.3. The number of rotatable bonds is 6. The quantitative estimate of drug-likeness (QED) is 0.367. The maximum Gasteiger partial charge on any atom is 0.242 e. The van der Waals surface area contributed by atoms with Crippen LogP contribution < -0.4 is 10.6 Å². The van der Waals surface area contributed by atoms with E-state index in [9.17, 15) is 4.79 Å². The lowest BCUT2D eigenvalue weighted by molar-refractivity contribution is -0.121. The second-order valence-electron chi connectivity index (χ2n) is 7.23. The van der Waals surface area contributed by atoms with E-state index in [2.05, 4.69) is 20.5 Å². The largest absolute Gasteiger partial charge is 0.381 e. The van der Waals surface area contributed by atoms with Gasteiger partial charge in [-0.05, 0) is 52.9 Å². The summed E-state index contributed by atoms with van der Waals surface area (Å²) >= 11 is 0. The number of halogens is 1. The van der Waals surface area contributed by atoms with Crippen LogP contribution in [0.25, 0.3) is 0 Å². The number of guanidine groups is 1. The van der Waals surface area contributed by atoms with Gasteiger partial charge in [0.05, 0.1) is 0 Å². The monoisotopic (exact) mass is 454 g/mol. The van der Waals surface area contributed by atoms with E-state index in [0.29, 0.717) is 0 Å². The van der Waals surface area contributed by atoms with Crippen molar-refractivity contribution in [2.75, 3.05) is 39.9 Å². The van der Waals surface area contributed by atoms with E-state index < -0.39 is 0 Å². The predicted molar refractivity (Wildman–Crippen MR) is 110 cm³/mol. The second-order valence-corrected chi connectivity index (χ2v) is 7.23. The van der Waals surface area contributed by atoms with Crippen LogP contribution in [-0.2, 0) is 9.53 Å². The Morgan fingerprint density at radius 3 is 2.46 bits per heavy atom. The fourth-order valence-corrected chi connectivity index (χ4v) is 2.59. The van der Waals surface area contributed by atoms with Crippen LogP contribution in [0.3, 0.4) is 0 Å². The van der Waals surface area contributed by atoms with Crippen LogP contribution in [0.1, 0.15) is 47.0 Å². The highest BCUT2D eigenvalue weighted by Crippen LogP contribution is 2.18. The van der Waals surface area contributed by atoms with Crippen molar-refractivity contribution in [2.24, 2.45) is 10.9 Å². The van der Waals surface area contributed by atoms with Crippen LogP contribution in [-0.4, -0.2) is 62.2 Å². The maximum atomic E-state index is 11.9. The van der Waals surface area contributed by atoms with Crippen LogP contribution in [0.15, 0.2) is 4.99 Å². The number of nitrogens with zero attached hydrogens (tertiary/aromatic N) is 2. The van der Waals surface area contributed by atoms with Crippen LogP contribution in [0.5, 0.6) is 0 Å². The first-order valence-electron chi connectivity index (χ1n) is 8.70. The maximum absolute atomic E-state index is 11.9. The van der Waals surface area contributed by atoms with Crippen molar-refractivity contribution in [1.82, 2.24) is 15.5 Å². The molecule has 0 aromatic carbocycles. The van der Waals surface area contributed by atoms with Crippen molar-refractivity contribution in [2.45, 2.75) is 52.5 Å². The van der Waals surface area contributed by atoms with Gasteiger partial charge in [0.25, 0.3) is 0 Å². The highest BCUT2D eigenvalue weighted by molar-refractivity contribution is 14.0. The number of carbonyl (C=O) groups is 1. The number of aliphatic imine (C=N–C) groups is 1. The summed E-state index contributed by atoms with van der Waals surface area (Å²) < 4.78 is 5.40. The van der Waals surface area contributed by atoms with E-state index in [1.807, 2.05) is 34.7 Å². The topological polar surface area (TPSA) is 66.0 Å². The average molecular weight is 454 g/mol. The molecule has 0 unspecified atom stereocenters. The molecule has 0 atom stereocenters. The Labute approximate surface area is 164 Å². The fraction of sp³-hybridized carbons (Fsp3) is 0.882. The first-order chi connectivity index (χ1) is 10.8. The molecular formula is C17H35IN4O2. The first-order valence-corrected chi connectivity index (χ1v) is 8.70. The zero-order chi connectivity index (χ0) is 17.3. The lowest BCUT2D eigenvalue weighted by Gasteiger charge is -2.27. The molecule has 6 nitrogen and oxygen atoms in total. The zero-order valence-corrected chi connectivity index (χ0v) is 18.2. The van der Waals surface area contributed by atoms with Crippen LogP contribution >= 0.6 is 24.0 Å². The summed E-state index contributed by atoms with van der Waals surface area (Å²) in [6, 6.07) is 0. The molecule has 7 heteroatoms. The normalized spacial score (nSPS) is 16.3. The fourth-order valence-electron chi connectivity index (χ4n) is 2.59. The Morgan fingerprint density at radius 2 is 1.92 bits per heavy atom. The van der Waals surface area contributed by atoms with E-state index in [-0.39, 0.29) is 42.0 Å². The molecule has 0 saturated carbocycles. The molecule has 0 aliphatic carbocycles. The third-order valence-electron chi connectivity index (χ3n) is 3.80. The van der Waals surface area contributed by atoms with Crippen molar-refractivity contribution in [3.05, 3.63) is 0 Å². The van der Waals surface area contributed by atoms with Crippen molar-refractivity contribution in [1.29, 1.82) is 0 Å². The van der Waals surface area contributed by atoms with E-state index in [1.165, 1.54) is 0 Å². The van der Waals surface area contributed by atoms with Gasteiger partial charge in [-0.15, -0.1) is 24.0 Å². The van der Waals surface area contributed by atoms with Gasteiger partial charge in [-0.1, -0.05) is 0 Å². The summed E-state index contributed by atoms with van der Waals surface area (Å²) in [6.07, 6.45) is 3.43. The molecule has 0 aromatic rings. The molecule has 0 bridgehead atoms. The Balaban J connectivity index is 0.00000529. The number of hydrogen-bond donors (Lipinski definition) is 2. The van der Waals surface area contributed by atoms with Crippen LogP contribution in [0, 0.1) is 5.92 Å². The summed E-state index contributed by atoms with van der Waals surface area (Å²) in [6.45, 7) is 11.6. The second kappa shape index (κ2) is 11.9. The summed E-state index contributed by atoms with van der Waals surface area (Å²) in [7, 11) is 2.03. The van der Waals surface area contributed by atoms with Gasteiger partial charge in [-0.3, -0.25) is 4.79 Å². The molecule has 1 aliphatic heterocycles. The van der Waals surface area contributed by atoms with Gasteiger partial charge in [0.15, 0.2) is 5.96 Å². The Bertz CT molecular complexity index is 391. The lowest BCUT2D eigenvalue weighted by Crippen LogP contribution is -2.44. The molecule has 1 fully saturated rings. The van der Waals surface area contributed by atoms with E-state index in [4.69, 9.17) is 4.74 Å². The molecule has 0 spiro atoms. The van der Waals surface area contributed by atoms with Crippen molar-refractivity contribution >= 4 is 35.8 Å². The molecular weight excluding hydrogens is 419 g/mol. The molecule has 1 heterocycles. The van der Waals surface area contributed by atoms with E-state index >= 15 is 0 Å². The van der Waals surface area contributed by atoms with Gasteiger partial charge in [0.1, 0.15) is 6.54 Å². The lowest BCUT2D eigenvalue weighted by atomic mass is 9.96. The van der Waals surface area contributed by atoms with Gasteiger partial charge in [-0.25, -0.2) is 4.99 Å². The van der Waals surface area contributed by atoms with Gasteiger partial charge in [-0.2, -0.15) is 0 Å². The van der Waals surface area contributed by atoms with Gasteiger partial charge < -0.3 is 20.3 Å². The van der Waals surface area contributed by atoms with Crippen molar-refractivity contribution in [3.8, 4) is 0 Å². The molecule has 1 rings (SSSR count). The molecule has 1 amide bonds. The van der Waals surface area contributed by atoms with E-state index in [0.717, 1.165) is 57.4 Å². The minimum atomic E-state index is -0.222. The highest BCUT2D eigenvalue weighted by Gasteiger charge is 2.16. The molecule has 2 N–H and O–H groups in total. The minimum absolute atomic E-state index is 0. The number of ether oxygens (including phenoxy) is 1. The Hall–Kier alpha value is -0.570. The molecule has 1 aliphatic rings. The van der Waals surface area contributed by atoms with Crippen molar-refractivity contribution < 1.29 is 9.53 Å². The third-order valence-corrected chi connectivity index (χ3v) is 3.80. The minimum Gasteiger partial charge on any atom is -0.381 e. The molecule has 1 saturated heterocycles. The number of carbonyl (C=O) groups excluding carboxylic acids is 1. The van der Waals surface area contributed by atoms with Crippen molar-refractivity contribution in [3.63, 3.8) is 0 Å².